The molecule has 1 saturated heterocycles. The first-order valence-corrected chi connectivity index (χ1v) is 8.70. The molecule has 2 aliphatic rings. The van der Waals surface area contributed by atoms with Crippen molar-refractivity contribution < 1.29 is 0 Å². The van der Waals surface area contributed by atoms with Crippen molar-refractivity contribution in [3.05, 3.63) is 34.3 Å². The summed E-state index contributed by atoms with van der Waals surface area (Å²) in [6.45, 7) is 5.82. The number of nitrogens with zero attached hydrogens (tertiary/aromatic N) is 1. The highest BCUT2D eigenvalue weighted by atomic mass is 79.9. The minimum Gasteiger partial charge on any atom is -0.310 e. The third kappa shape index (κ3) is 3.10. The van der Waals surface area contributed by atoms with E-state index in [0.717, 1.165) is 6.54 Å². The lowest BCUT2D eigenvalue weighted by Crippen LogP contribution is -2.50. The molecular formula is C17H25BrN2. The average molecular weight is 337 g/mol. The lowest BCUT2D eigenvalue weighted by Gasteiger charge is -2.35. The van der Waals surface area contributed by atoms with Gasteiger partial charge in [-0.3, -0.25) is 4.90 Å². The third-order valence-corrected chi connectivity index (χ3v) is 5.86. The second-order valence-electron chi connectivity index (χ2n) is 6.55. The van der Waals surface area contributed by atoms with E-state index in [4.69, 9.17) is 0 Å². The van der Waals surface area contributed by atoms with Crippen molar-refractivity contribution in [3.63, 3.8) is 0 Å². The molecule has 0 aromatic heterocycles. The average Bonchev–Trinajstić information content (AvgIpc) is 2.82. The van der Waals surface area contributed by atoms with Crippen LogP contribution in [0.3, 0.4) is 0 Å². The number of benzene rings is 1. The molecule has 1 aliphatic heterocycles. The van der Waals surface area contributed by atoms with Crippen LogP contribution in [0, 0.1) is 0 Å². The Morgan fingerprint density at radius 3 is 2.80 bits per heavy atom. The molecule has 110 valence electrons. The van der Waals surface area contributed by atoms with Crippen LogP contribution >= 0.6 is 15.9 Å². The zero-order chi connectivity index (χ0) is 14.0. The van der Waals surface area contributed by atoms with Gasteiger partial charge in [0.25, 0.3) is 0 Å². The summed E-state index contributed by atoms with van der Waals surface area (Å²) in [4.78, 5) is 2.69. The third-order valence-electron chi connectivity index (χ3n) is 5.08. The van der Waals surface area contributed by atoms with Crippen LogP contribution in [0.25, 0.3) is 0 Å². The fourth-order valence-corrected chi connectivity index (χ4v) is 4.18. The lowest BCUT2D eigenvalue weighted by molar-refractivity contribution is 0.160. The van der Waals surface area contributed by atoms with E-state index in [1.165, 1.54) is 55.2 Å². The van der Waals surface area contributed by atoms with Crippen LogP contribution in [0.1, 0.15) is 44.6 Å². The maximum atomic E-state index is 3.86. The molecule has 2 fully saturated rings. The number of hydrogen-bond donors (Lipinski definition) is 1. The van der Waals surface area contributed by atoms with E-state index >= 15 is 0 Å². The Kier molecular flexibility index (Phi) is 4.49. The molecule has 3 heteroatoms. The SMILES string of the molecule is CC1CCNC2(CCCC2)CN1Cc1ccccc1Br. The van der Waals surface area contributed by atoms with Gasteiger partial charge in [-0.1, -0.05) is 47.0 Å². The first-order chi connectivity index (χ1) is 9.69. The Bertz CT molecular complexity index is 454. The molecule has 1 aromatic rings. The van der Waals surface area contributed by atoms with Crippen LogP contribution in [0.4, 0.5) is 0 Å². The zero-order valence-corrected chi connectivity index (χ0v) is 14.0. The maximum absolute atomic E-state index is 3.86. The van der Waals surface area contributed by atoms with Crippen molar-refractivity contribution in [3.8, 4) is 0 Å². The molecule has 0 bridgehead atoms. The van der Waals surface area contributed by atoms with E-state index < -0.39 is 0 Å². The minimum atomic E-state index is 0.395. The van der Waals surface area contributed by atoms with Gasteiger partial charge in [0, 0.05) is 29.1 Å². The zero-order valence-electron chi connectivity index (χ0n) is 12.4. The van der Waals surface area contributed by atoms with Gasteiger partial charge < -0.3 is 5.32 Å². The minimum absolute atomic E-state index is 0.395. The highest BCUT2D eigenvalue weighted by molar-refractivity contribution is 9.10. The van der Waals surface area contributed by atoms with Gasteiger partial charge in [0.2, 0.25) is 0 Å². The van der Waals surface area contributed by atoms with Crippen LogP contribution in [0.15, 0.2) is 28.7 Å². The molecule has 1 unspecified atom stereocenters. The number of rotatable bonds is 2. The summed E-state index contributed by atoms with van der Waals surface area (Å²) in [6.07, 6.45) is 6.75. The number of hydrogen-bond acceptors (Lipinski definition) is 2. The summed E-state index contributed by atoms with van der Waals surface area (Å²) in [6, 6.07) is 9.30. The Hall–Kier alpha value is -0.380. The molecule has 1 aliphatic carbocycles. The molecule has 3 rings (SSSR count). The molecule has 1 spiro atoms. The molecule has 20 heavy (non-hydrogen) atoms. The van der Waals surface area contributed by atoms with Gasteiger partial charge in [0.15, 0.2) is 0 Å². The van der Waals surface area contributed by atoms with E-state index in [9.17, 15) is 0 Å². The first kappa shape index (κ1) is 14.6. The maximum Gasteiger partial charge on any atom is 0.0309 e. The van der Waals surface area contributed by atoms with Gasteiger partial charge in [-0.15, -0.1) is 0 Å². The fraction of sp³-hybridized carbons (Fsp3) is 0.647. The summed E-state index contributed by atoms with van der Waals surface area (Å²) in [5.74, 6) is 0. The second-order valence-corrected chi connectivity index (χ2v) is 7.40. The van der Waals surface area contributed by atoms with E-state index in [0.29, 0.717) is 11.6 Å². The van der Waals surface area contributed by atoms with Crippen molar-refractivity contribution in [2.75, 3.05) is 13.1 Å². The van der Waals surface area contributed by atoms with E-state index in [-0.39, 0.29) is 0 Å². The number of nitrogens with one attached hydrogen (secondary N) is 1. The summed E-state index contributed by atoms with van der Waals surface area (Å²) >= 11 is 3.70. The van der Waals surface area contributed by atoms with Crippen LogP contribution < -0.4 is 5.32 Å². The molecule has 0 amide bonds. The predicted molar refractivity (Wildman–Crippen MR) is 87.8 cm³/mol. The Morgan fingerprint density at radius 1 is 1.30 bits per heavy atom. The quantitative estimate of drug-likeness (QED) is 0.879. The fourth-order valence-electron chi connectivity index (χ4n) is 3.77. The highest BCUT2D eigenvalue weighted by Gasteiger charge is 2.38. The molecule has 0 radical (unpaired) electrons. The van der Waals surface area contributed by atoms with Crippen LogP contribution in [0.5, 0.6) is 0 Å². The van der Waals surface area contributed by atoms with Gasteiger partial charge in [-0.05, 0) is 44.4 Å². The second kappa shape index (κ2) is 6.17. The van der Waals surface area contributed by atoms with Gasteiger partial charge >= 0.3 is 0 Å². The van der Waals surface area contributed by atoms with Gasteiger partial charge in [0.1, 0.15) is 0 Å². The summed E-state index contributed by atoms with van der Waals surface area (Å²) < 4.78 is 1.24. The monoisotopic (exact) mass is 336 g/mol. The first-order valence-electron chi connectivity index (χ1n) is 7.91. The van der Waals surface area contributed by atoms with Crippen molar-refractivity contribution in [1.82, 2.24) is 10.2 Å². The molecule has 1 atom stereocenters. The van der Waals surface area contributed by atoms with Crippen molar-refractivity contribution in [2.45, 2.75) is 57.2 Å². The largest absolute Gasteiger partial charge is 0.310 e. The van der Waals surface area contributed by atoms with Gasteiger partial charge in [-0.25, -0.2) is 0 Å². The highest BCUT2D eigenvalue weighted by Crippen LogP contribution is 2.33. The van der Waals surface area contributed by atoms with E-state index in [2.05, 4.69) is 57.3 Å². The summed E-state index contributed by atoms with van der Waals surface area (Å²) in [7, 11) is 0. The molecule has 1 aromatic carbocycles. The van der Waals surface area contributed by atoms with Gasteiger partial charge in [0.05, 0.1) is 0 Å². The Morgan fingerprint density at radius 2 is 2.05 bits per heavy atom. The van der Waals surface area contributed by atoms with Crippen molar-refractivity contribution in [1.29, 1.82) is 0 Å². The topological polar surface area (TPSA) is 15.3 Å². The standard InChI is InChI=1S/C17H25BrN2/c1-14-8-11-19-17(9-4-5-10-17)13-20(14)12-15-6-2-3-7-16(15)18/h2-3,6-7,14,19H,4-5,8-13H2,1H3. The lowest BCUT2D eigenvalue weighted by atomic mass is 9.96. The van der Waals surface area contributed by atoms with E-state index in [1.54, 1.807) is 0 Å². The molecule has 2 nitrogen and oxygen atoms in total. The van der Waals surface area contributed by atoms with Crippen LogP contribution in [-0.4, -0.2) is 29.6 Å². The predicted octanol–water partition coefficient (Wildman–Crippen LogP) is 3.95. The summed E-state index contributed by atoms with van der Waals surface area (Å²) in [5, 5.41) is 3.86. The molecule has 1 saturated carbocycles. The van der Waals surface area contributed by atoms with Crippen molar-refractivity contribution in [2.24, 2.45) is 0 Å². The summed E-state index contributed by atoms with van der Waals surface area (Å²) in [5.41, 5.74) is 1.81. The smallest absolute Gasteiger partial charge is 0.0309 e. The van der Waals surface area contributed by atoms with E-state index in [1.807, 2.05) is 0 Å². The van der Waals surface area contributed by atoms with Crippen LogP contribution in [-0.2, 0) is 6.54 Å². The van der Waals surface area contributed by atoms with Crippen LogP contribution in [0.2, 0.25) is 0 Å². The number of halogens is 1. The van der Waals surface area contributed by atoms with Crippen molar-refractivity contribution >= 4 is 15.9 Å². The Labute approximate surface area is 131 Å². The Balaban J connectivity index is 1.77. The molecule has 1 heterocycles. The molecular weight excluding hydrogens is 312 g/mol. The normalized spacial score (nSPS) is 26.8. The van der Waals surface area contributed by atoms with Gasteiger partial charge in [-0.2, -0.15) is 0 Å². The molecule has 1 N–H and O–H groups in total.